The van der Waals surface area contributed by atoms with E-state index in [9.17, 15) is 0 Å². The van der Waals surface area contributed by atoms with Crippen molar-refractivity contribution in [1.29, 1.82) is 5.26 Å². The Hall–Kier alpha value is -2.82. The number of anilines is 2. The van der Waals surface area contributed by atoms with Crippen molar-refractivity contribution in [2.75, 3.05) is 11.9 Å². The van der Waals surface area contributed by atoms with E-state index in [1.54, 1.807) is 12.3 Å². The van der Waals surface area contributed by atoms with Crippen molar-refractivity contribution in [2.45, 2.75) is 65.0 Å². The number of rotatable bonds is 8. The van der Waals surface area contributed by atoms with Crippen LogP contribution in [0.15, 0.2) is 36.5 Å². The molecule has 1 aliphatic heterocycles. The van der Waals surface area contributed by atoms with E-state index in [4.69, 9.17) is 10.2 Å². The summed E-state index contributed by atoms with van der Waals surface area (Å²) in [5.41, 5.74) is 2.29. The van der Waals surface area contributed by atoms with Crippen LogP contribution in [0.1, 0.15) is 72.0 Å². The van der Waals surface area contributed by atoms with Crippen LogP contribution in [-0.4, -0.2) is 26.4 Å². The Morgan fingerprint density at radius 1 is 1.19 bits per heavy atom. The number of piperidine rings is 1. The summed E-state index contributed by atoms with van der Waals surface area (Å²) in [7, 11) is 0. The summed E-state index contributed by atoms with van der Waals surface area (Å²) in [5.74, 6) is 1.53. The van der Waals surface area contributed by atoms with Crippen molar-refractivity contribution < 1.29 is 0 Å². The van der Waals surface area contributed by atoms with Crippen LogP contribution >= 0.6 is 11.3 Å². The largest absolute Gasteiger partial charge is 0.339 e. The minimum atomic E-state index is 0.297. The molecule has 0 bridgehead atoms. The molecule has 3 aromatic heterocycles. The van der Waals surface area contributed by atoms with Gasteiger partial charge in [-0.25, -0.2) is 15.0 Å². The molecule has 1 saturated heterocycles. The highest BCUT2D eigenvalue weighted by atomic mass is 32.1. The smallest absolute Gasteiger partial charge is 0.140 e. The third kappa shape index (κ3) is 5.70. The first-order valence-corrected chi connectivity index (χ1v) is 12.3. The van der Waals surface area contributed by atoms with Gasteiger partial charge in [0.05, 0.1) is 23.6 Å². The van der Waals surface area contributed by atoms with Crippen molar-refractivity contribution in [2.24, 2.45) is 0 Å². The van der Waals surface area contributed by atoms with E-state index < -0.39 is 0 Å². The molecule has 1 atom stereocenters. The minimum absolute atomic E-state index is 0.297. The van der Waals surface area contributed by atoms with Gasteiger partial charge in [-0.05, 0) is 63.4 Å². The van der Waals surface area contributed by atoms with Gasteiger partial charge in [0.1, 0.15) is 23.4 Å². The molecule has 0 aromatic carbocycles. The number of thiophene rings is 1. The highest BCUT2D eigenvalue weighted by Crippen LogP contribution is 2.33. The van der Waals surface area contributed by atoms with E-state index in [2.05, 4.69) is 45.3 Å². The topological polar surface area (TPSA) is 77.7 Å². The molecule has 166 valence electrons. The minimum Gasteiger partial charge on any atom is -0.339 e. The lowest BCUT2D eigenvalue weighted by Gasteiger charge is -2.35. The standard InChI is InChI=1S/C25H30N6S/c1-3-4-7-21-11-12-22(32-21)17-31-13-6-5-8-24(31)23-14-25(29-18(2)28-23)30-20-10-9-19(15-26)27-16-20/h9-12,14,16,24H,3-8,13,17H2,1-2H3,(H,28,29,30)/t24-/m0/s1. The molecule has 0 saturated carbocycles. The van der Waals surface area contributed by atoms with Crippen LogP contribution in [0, 0.1) is 18.3 Å². The molecule has 1 aliphatic rings. The van der Waals surface area contributed by atoms with Crippen LogP contribution in [0.5, 0.6) is 0 Å². The SMILES string of the molecule is CCCCc1ccc(CN2CCCC[C@H]2c2cc(Nc3ccc(C#N)nc3)nc(C)n2)s1. The monoisotopic (exact) mass is 446 g/mol. The fraction of sp³-hybridized carbons (Fsp3) is 0.440. The molecule has 3 aromatic rings. The Bertz CT molecular complexity index is 1070. The van der Waals surface area contributed by atoms with Gasteiger partial charge in [0.25, 0.3) is 0 Å². The van der Waals surface area contributed by atoms with Crippen molar-refractivity contribution in [3.8, 4) is 6.07 Å². The number of nitrogens with zero attached hydrogens (tertiary/aromatic N) is 5. The first kappa shape index (κ1) is 22.4. The highest BCUT2D eigenvalue weighted by Gasteiger charge is 2.26. The molecule has 0 amide bonds. The van der Waals surface area contributed by atoms with Gasteiger partial charge in [-0.3, -0.25) is 4.90 Å². The van der Waals surface area contributed by atoms with Gasteiger partial charge < -0.3 is 5.32 Å². The van der Waals surface area contributed by atoms with Gasteiger partial charge in [-0.1, -0.05) is 19.8 Å². The lowest BCUT2D eigenvalue weighted by Crippen LogP contribution is -2.33. The molecule has 0 radical (unpaired) electrons. The molecule has 4 heterocycles. The molecule has 32 heavy (non-hydrogen) atoms. The quantitative estimate of drug-likeness (QED) is 0.462. The number of pyridine rings is 1. The molecular formula is C25H30N6S. The number of aryl methyl sites for hydroxylation is 2. The Labute approximate surface area is 194 Å². The molecule has 0 spiro atoms. The van der Waals surface area contributed by atoms with Crippen LogP contribution in [0.2, 0.25) is 0 Å². The second-order valence-electron chi connectivity index (χ2n) is 8.35. The summed E-state index contributed by atoms with van der Waals surface area (Å²) in [6.07, 6.45) is 8.92. The summed E-state index contributed by atoms with van der Waals surface area (Å²) >= 11 is 1.96. The Morgan fingerprint density at radius 3 is 2.84 bits per heavy atom. The number of nitrogens with one attached hydrogen (secondary N) is 1. The Kier molecular flexibility index (Phi) is 7.46. The third-order valence-electron chi connectivity index (χ3n) is 5.82. The average molecular weight is 447 g/mol. The van der Waals surface area contributed by atoms with Crippen molar-refractivity contribution >= 4 is 22.8 Å². The molecule has 0 unspecified atom stereocenters. The zero-order valence-corrected chi connectivity index (χ0v) is 19.7. The maximum atomic E-state index is 8.95. The van der Waals surface area contributed by atoms with Gasteiger partial charge >= 0.3 is 0 Å². The zero-order valence-electron chi connectivity index (χ0n) is 18.8. The summed E-state index contributed by atoms with van der Waals surface area (Å²) < 4.78 is 0. The maximum Gasteiger partial charge on any atom is 0.140 e. The highest BCUT2D eigenvalue weighted by molar-refractivity contribution is 7.11. The second kappa shape index (κ2) is 10.7. The van der Waals surface area contributed by atoms with Crippen LogP contribution < -0.4 is 5.32 Å². The molecule has 0 aliphatic carbocycles. The summed E-state index contributed by atoms with van der Waals surface area (Å²) in [4.78, 5) is 19.0. The molecule has 4 rings (SSSR count). The zero-order chi connectivity index (χ0) is 22.3. The number of nitriles is 1. The Morgan fingerprint density at radius 2 is 2.06 bits per heavy atom. The lowest BCUT2D eigenvalue weighted by atomic mass is 9.98. The summed E-state index contributed by atoms with van der Waals surface area (Å²) in [6.45, 7) is 6.26. The van der Waals surface area contributed by atoms with Gasteiger partial charge in [0, 0.05) is 22.4 Å². The van der Waals surface area contributed by atoms with Crippen LogP contribution in [0.3, 0.4) is 0 Å². The van der Waals surface area contributed by atoms with E-state index in [-0.39, 0.29) is 0 Å². The van der Waals surface area contributed by atoms with Gasteiger partial charge in [-0.2, -0.15) is 5.26 Å². The van der Waals surface area contributed by atoms with Gasteiger partial charge in [0.2, 0.25) is 0 Å². The first-order valence-electron chi connectivity index (χ1n) is 11.4. The van der Waals surface area contributed by atoms with E-state index in [1.165, 1.54) is 41.9 Å². The molecular weight excluding hydrogens is 416 g/mol. The third-order valence-corrected chi connectivity index (χ3v) is 6.95. The Balaban J connectivity index is 1.51. The predicted octanol–water partition coefficient (Wildman–Crippen LogP) is 5.93. The second-order valence-corrected chi connectivity index (χ2v) is 9.60. The van der Waals surface area contributed by atoms with Crippen LogP contribution in [0.4, 0.5) is 11.5 Å². The molecule has 1 fully saturated rings. The first-order chi connectivity index (χ1) is 15.6. The number of hydrogen-bond donors (Lipinski definition) is 1. The lowest BCUT2D eigenvalue weighted by molar-refractivity contribution is 0.138. The number of likely N-dealkylation sites (tertiary alicyclic amines) is 1. The molecule has 1 N–H and O–H groups in total. The van der Waals surface area contributed by atoms with E-state index in [0.717, 1.165) is 42.5 Å². The fourth-order valence-electron chi connectivity index (χ4n) is 4.22. The fourth-order valence-corrected chi connectivity index (χ4v) is 5.30. The number of unbranched alkanes of at least 4 members (excludes halogenated alkanes) is 1. The van der Waals surface area contributed by atoms with E-state index in [1.807, 2.05) is 30.4 Å². The summed E-state index contributed by atoms with van der Waals surface area (Å²) in [6, 6.07) is 12.6. The molecule has 6 nitrogen and oxygen atoms in total. The average Bonchev–Trinajstić information content (AvgIpc) is 3.25. The number of aromatic nitrogens is 3. The van der Waals surface area contributed by atoms with Gasteiger partial charge in [0.15, 0.2) is 0 Å². The summed E-state index contributed by atoms with van der Waals surface area (Å²) in [5, 5.41) is 12.3. The van der Waals surface area contributed by atoms with Gasteiger partial charge in [-0.15, -0.1) is 11.3 Å². The van der Waals surface area contributed by atoms with E-state index in [0.29, 0.717) is 11.7 Å². The maximum absolute atomic E-state index is 8.95. The number of hydrogen-bond acceptors (Lipinski definition) is 7. The van der Waals surface area contributed by atoms with E-state index >= 15 is 0 Å². The predicted molar refractivity (Wildman–Crippen MR) is 129 cm³/mol. The van der Waals surface area contributed by atoms with Crippen molar-refractivity contribution in [3.63, 3.8) is 0 Å². The van der Waals surface area contributed by atoms with Crippen LogP contribution in [0.25, 0.3) is 0 Å². The molecule has 7 heteroatoms. The van der Waals surface area contributed by atoms with Crippen molar-refractivity contribution in [1.82, 2.24) is 19.9 Å². The van der Waals surface area contributed by atoms with Crippen molar-refractivity contribution in [3.05, 3.63) is 63.5 Å². The normalized spacial score (nSPS) is 16.6. The van der Waals surface area contributed by atoms with Crippen LogP contribution in [-0.2, 0) is 13.0 Å².